The Morgan fingerprint density at radius 3 is 2.79 bits per heavy atom. The molecule has 1 saturated heterocycles. The lowest BCUT2D eigenvalue weighted by atomic mass is 9.95. The van der Waals surface area contributed by atoms with Crippen LogP contribution in [0.1, 0.15) is 0 Å². The average molecular weight is 189 g/mol. The number of fused-ring (bicyclic) bond motifs is 1. The Morgan fingerprint density at radius 2 is 2.07 bits per heavy atom. The Hall–Kier alpha value is -1.64. The van der Waals surface area contributed by atoms with E-state index in [-0.39, 0.29) is 17.7 Å². The molecule has 0 aromatic rings. The first-order valence-electron chi connectivity index (χ1n) is 4.56. The third-order valence-corrected chi connectivity index (χ3v) is 2.57. The molecular formula is C11H11NO2. The summed E-state index contributed by atoms with van der Waals surface area (Å²) in [5, 5.41) is 0. The van der Waals surface area contributed by atoms with Crippen LogP contribution in [-0.4, -0.2) is 29.2 Å². The van der Waals surface area contributed by atoms with Gasteiger partial charge in [-0.25, -0.2) is 0 Å². The minimum atomic E-state index is -0.392. The van der Waals surface area contributed by atoms with E-state index >= 15 is 0 Å². The number of Topliss-reactive ketones (excluding diaryl/α,β-unsaturated/α-hetero) is 1. The number of carbonyl (C=O) groups is 2. The second kappa shape index (κ2) is 3.25. The van der Waals surface area contributed by atoms with Crippen molar-refractivity contribution in [3.8, 4) is 0 Å². The van der Waals surface area contributed by atoms with Crippen molar-refractivity contribution in [1.29, 1.82) is 0 Å². The molecule has 0 bridgehead atoms. The molecule has 1 fully saturated rings. The van der Waals surface area contributed by atoms with E-state index in [1.807, 2.05) is 18.2 Å². The van der Waals surface area contributed by atoms with E-state index in [1.165, 1.54) is 0 Å². The molecule has 0 aromatic carbocycles. The number of nitrogens with zero attached hydrogens (tertiary/aromatic N) is 1. The average Bonchev–Trinajstić information content (AvgIpc) is 2.45. The molecule has 1 aliphatic carbocycles. The summed E-state index contributed by atoms with van der Waals surface area (Å²) < 4.78 is 0. The van der Waals surface area contributed by atoms with Gasteiger partial charge in [0, 0.05) is 6.54 Å². The van der Waals surface area contributed by atoms with Crippen LogP contribution >= 0.6 is 0 Å². The van der Waals surface area contributed by atoms with Crippen LogP contribution in [0.4, 0.5) is 0 Å². The van der Waals surface area contributed by atoms with Gasteiger partial charge in [-0.1, -0.05) is 30.4 Å². The van der Waals surface area contributed by atoms with Crippen LogP contribution in [0.15, 0.2) is 37.0 Å². The molecule has 0 spiro atoms. The van der Waals surface area contributed by atoms with E-state index in [0.717, 1.165) is 0 Å². The smallest absolute Gasteiger partial charge is 0.291 e. The summed E-state index contributed by atoms with van der Waals surface area (Å²) in [7, 11) is 0. The third kappa shape index (κ3) is 1.13. The van der Waals surface area contributed by atoms with Crippen molar-refractivity contribution in [2.45, 2.75) is 6.04 Å². The van der Waals surface area contributed by atoms with Crippen molar-refractivity contribution in [1.82, 2.24) is 4.90 Å². The monoisotopic (exact) mass is 189 g/mol. The van der Waals surface area contributed by atoms with Crippen LogP contribution < -0.4 is 0 Å². The summed E-state index contributed by atoms with van der Waals surface area (Å²) in [6, 6.07) is -0.0991. The number of carbonyl (C=O) groups excluding carboxylic acids is 2. The van der Waals surface area contributed by atoms with Crippen LogP contribution in [-0.2, 0) is 9.59 Å². The lowest BCUT2D eigenvalue weighted by Gasteiger charge is -2.22. The molecule has 14 heavy (non-hydrogen) atoms. The predicted molar refractivity (Wildman–Crippen MR) is 52.5 cm³/mol. The number of hydrogen-bond donors (Lipinski definition) is 0. The van der Waals surface area contributed by atoms with Crippen molar-refractivity contribution < 1.29 is 9.59 Å². The molecule has 2 unspecified atom stereocenters. The Morgan fingerprint density at radius 1 is 1.36 bits per heavy atom. The van der Waals surface area contributed by atoms with Gasteiger partial charge in [0.2, 0.25) is 5.78 Å². The van der Waals surface area contributed by atoms with Gasteiger partial charge in [-0.2, -0.15) is 0 Å². The van der Waals surface area contributed by atoms with Crippen LogP contribution in [0.25, 0.3) is 0 Å². The molecule has 72 valence electrons. The molecule has 3 heteroatoms. The van der Waals surface area contributed by atoms with Crippen molar-refractivity contribution >= 4 is 11.7 Å². The minimum Gasteiger partial charge on any atom is -0.325 e. The zero-order valence-electron chi connectivity index (χ0n) is 7.72. The summed E-state index contributed by atoms with van der Waals surface area (Å²) in [6.07, 6.45) is 8.98. The van der Waals surface area contributed by atoms with Crippen molar-refractivity contribution in [2.75, 3.05) is 6.54 Å². The van der Waals surface area contributed by atoms with E-state index in [2.05, 4.69) is 6.58 Å². The molecule has 3 nitrogen and oxygen atoms in total. The van der Waals surface area contributed by atoms with E-state index in [0.29, 0.717) is 6.54 Å². The standard InChI is InChI=1S/C11H11NO2/c1-2-7-12-9-6-4-3-5-8(9)10(13)11(12)14/h2-6,8-9H,1,7H2. The molecule has 2 rings (SSSR count). The van der Waals surface area contributed by atoms with Gasteiger partial charge in [-0.05, 0) is 0 Å². The maximum atomic E-state index is 11.5. The highest BCUT2D eigenvalue weighted by Crippen LogP contribution is 2.27. The fraction of sp³-hybridized carbons (Fsp3) is 0.273. The predicted octanol–water partition coefficient (Wildman–Crippen LogP) is 0.694. The Labute approximate surface area is 82.4 Å². The number of hydrogen-bond acceptors (Lipinski definition) is 2. The largest absolute Gasteiger partial charge is 0.325 e. The summed E-state index contributed by atoms with van der Waals surface area (Å²) in [6.45, 7) is 4.01. The van der Waals surface area contributed by atoms with E-state index in [4.69, 9.17) is 0 Å². The number of rotatable bonds is 2. The third-order valence-electron chi connectivity index (χ3n) is 2.57. The summed E-state index contributed by atoms with van der Waals surface area (Å²) >= 11 is 0. The molecule has 2 aliphatic rings. The van der Waals surface area contributed by atoms with Crippen LogP contribution in [0, 0.1) is 5.92 Å². The van der Waals surface area contributed by atoms with Gasteiger partial charge in [0.25, 0.3) is 5.91 Å². The molecule has 2 atom stereocenters. The lowest BCUT2D eigenvalue weighted by molar-refractivity contribution is -0.140. The fourth-order valence-corrected chi connectivity index (χ4v) is 1.90. The summed E-state index contributed by atoms with van der Waals surface area (Å²) in [5.74, 6) is -0.985. The molecule has 1 amide bonds. The van der Waals surface area contributed by atoms with Gasteiger partial charge < -0.3 is 4.90 Å². The van der Waals surface area contributed by atoms with Gasteiger partial charge in [-0.3, -0.25) is 9.59 Å². The van der Waals surface area contributed by atoms with Gasteiger partial charge in [0.1, 0.15) is 0 Å². The van der Waals surface area contributed by atoms with E-state index in [1.54, 1.807) is 17.1 Å². The highest BCUT2D eigenvalue weighted by molar-refractivity contribution is 6.39. The Bertz CT molecular complexity index is 354. The zero-order valence-corrected chi connectivity index (χ0v) is 7.72. The summed E-state index contributed by atoms with van der Waals surface area (Å²) in [4.78, 5) is 24.6. The molecule has 0 saturated carbocycles. The topological polar surface area (TPSA) is 37.4 Å². The van der Waals surface area contributed by atoms with Crippen LogP contribution in [0.3, 0.4) is 0 Å². The second-order valence-corrected chi connectivity index (χ2v) is 3.40. The highest BCUT2D eigenvalue weighted by Gasteiger charge is 2.44. The maximum Gasteiger partial charge on any atom is 0.291 e. The molecule has 1 heterocycles. The first-order valence-corrected chi connectivity index (χ1v) is 4.56. The number of ketones is 1. The number of likely N-dealkylation sites (tertiary alicyclic amines) is 1. The Kier molecular flexibility index (Phi) is 2.08. The number of amides is 1. The van der Waals surface area contributed by atoms with Crippen molar-refractivity contribution in [2.24, 2.45) is 5.92 Å². The summed E-state index contributed by atoms with van der Waals surface area (Å²) in [5.41, 5.74) is 0. The SMILES string of the molecule is C=CCN1C(=O)C(=O)C2C=CC=CC21. The first kappa shape index (κ1) is 8.94. The molecule has 0 radical (unpaired) electrons. The molecule has 0 N–H and O–H groups in total. The van der Waals surface area contributed by atoms with Crippen LogP contribution in [0.5, 0.6) is 0 Å². The first-order chi connectivity index (χ1) is 6.75. The van der Waals surface area contributed by atoms with E-state index in [9.17, 15) is 9.59 Å². The van der Waals surface area contributed by atoms with Crippen molar-refractivity contribution in [3.63, 3.8) is 0 Å². The van der Waals surface area contributed by atoms with Gasteiger partial charge in [0.05, 0.1) is 12.0 Å². The number of allylic oxidation sites excluding steroid dienone is 2. The molecule has 0 aromatic heterocycles. The van der Waals surface area contributed by atoms with Gasteiger partial charge >= 0.3 is 0 Å². The van der Waals surface area contributed by atoms with Gasteiger partial charge in [-0.15, -0.1) is 6.58 Å². The highest BCUT2D eigenvalue weighted by atomic mass is 16.2. The molecular weight excluding hydrogens is 178 g/mol. The fourth-order valence-electron chi connectivity index (χ4n) is 1.90. The second-order valence-electron chi connectivity index (χ2n) is 3.40. The van der Waals surface area contributed by atoms with E-state index < -0.39 is 5.91 Å². The minimum absolute atomic E-state index is 0.0991. The van der Waals surface area contributed by atoms with Crippen LogP contribution in [0.2, 0.25) is 0 Å². The quantitative estimate of drug-likeness (QED) is 0.473. The van der Waals surface area contributed by atoms with Crippen molar-refractivity contribution in [3.05, 3.63) is 37.0 Å². The Balaban J connectivity index is 2.32. The normalized spacial score (nSPS) is 29.6. The maximum absolute atomic E-state index is 11.5. The molecule has 1 aliphatic heterocycles. The lowest BCUT2D eigenvalue weighted by Crippen LogP contribution is -2.34. The zero-order chi connectivity index (χ0) is 10.1. The van der Waals surface area contributed by atoms with Gasteiger partial charge in [0.15, 0.2) is 0 Å².